The van der Waals surface area contributed by atoms with Crippen LogP contribution in [-0.4, -0.2) is 35.3 Å². The highest BCUT2D eigenvalue weighted by Crippen LogP contribution is 2.39. The van der Waals surface area contributed by atoms with Crippen molar-refractivity contribution in [1.29, 1.82) is 0 Å². The number of aromatic hydroxyl groups is 1. The molecule has 37 heavy (non-hydrogen) atoms. The molecule has 0 unspecified atom stereocenters. The molecule has 0 aliphatic carbocycles. The first-order valence-corrected chi connectivity index (χ1v) is 13.4. The van der Waals surface area contributed by atoms with Crippen LogP contribution in [-0.2, 0) is 17.0 Å². The van der Waals surface area contributed by atoms with Crippen LogP contribution in [0.3, 0.4) is 0 Å². The summed E-state index contributed by atoms with van der Waals surface area (Å²) in [5.41, 5.74) is 4.86. The summed E-state index contributed by atoms with van der Waals surface area (Å²) in [5.74, 6) is -0.0376. The fraction of sp³-hybridized carbons (Fsp3) is 0.233. The lowest BCUT2D eigenvalue weighted by Gasteiger charge is -2.16. The number of carbonyl (C=O) groups is 1. The Morgan fingerprint density at radius 3 is 2.62 bits per heavy atom. The average molecular weight is 517 g/mol. The molecular weight excluding hydrogens is 487 g/mol. The summed E-state index contributed by atoms with van der Waals surface area (Å²) in [6.07, 6.45) is 2.90. The van der Waals surface area contributed by atoms with Crippen molar-refractivity contribution in [1.82, 2.24) is 9.88 Å². The average Bonchev–Trinajstić information content (AvgIpc) is 3.21. The van der Waals surface area contributed by atoms with Gasteiger partial charge in [-0.2, -0.15) is 0 Å². The van der Waals surface area contributed by atoms with E-state index in [9.17, 15) is 14.3 Å². The Morgan fingerprint density at radius 2 is 1.92 bits per heavy atom. The van der Waals surface area contributed by atoms with Crippen molar-refractivity contribution in [2.24, 2.45) is 0 Å². The zero-order valence-electron chi connectivity index (χ0n) is 20.7. The second-order valence-electron chi connectivity index (χ2n) is 8.93. The maximum Gasteiger partial charge on any atom is 0.340 e. The number of carbonyl (C=O) groups excluding carboxylic acids is 1. The van der Waals surface area contributed by atoms with E-state index in [1.54, 1.807) is 36.9 Å². The number of benzene rings is 3. The van der Waals surface area contributed by atoms with Gasteiger partial charge in [0.25, 0.3) is 0 Å². The first kappa shape index (κ1) is 25.1. The van der Waals surface area contributed by atoms with Gasteiger partial charge in [0, 0.05) is 40.4 Å². The lowest BCUT2D eigenvalue weighted by molar-refractivity contribution is 0.0527. The second-order valence-corrected chi connectivity index (χ2v) is 9.98. The molecule has 0 saturated carbocycles. The Morgan fingerprint density at radius 1 is 1.14 bits per heavy atom. The summed E-state index contributed by atoms with van der Waals surface area (Å²) in [5, 5.41) is 15.0. The Hall–Kier alpha value is -3.55. The molecule has 0 bridgehead atoms. The quantitative estimate of drug-likeness (QED) is 0.210. The zero-order valence-corrected chi connectivity index (χ0v) is 21.5. The number of fused-ring (bicyclic) bond motifs is 1. The normalized spacial score (nSPS) is 13.5. The Bertz CT molecular complexity index is 1450. The van der Waals surface area contributed by atoms with Crippen molar-refractivity contribution < 1.29 is 19.0 Å². The van der Waals surface area contributed by atoms with Crippen LogP contribution < -0.4 is 5.32 Å². The first-order valence-electron chi connectivity index (χ1n) is 12.4. The Labute approximate surface area is 220 Å². The summed E-state index contributed by atoms with van der Waals surface area (Å²) in [7, 11) is 0. The monoisotopic (exact) mass is 516 g/mol. The molecule has 1 aliphatic rings. The molecule has 1 aliphatic heterocycles. The van der Waals surface area contributed by atoms with E-state index in [1.165, 1.54) is 12.1 Å². The van der Waals surface area contributed by atoms with Crippen LogP contribution in [0.15, 0.2) is 77.7 Å². The number of aromatic nitrogens is 1. The zero-order chi connectivity index (χ0) is 25.8. The lowest BCUT2D eigenvalue weighted by atomic mass is 9.97. The van der Waals surface area contributed by atoms with Crippen LogP contribution in [0.2, 0.25) is 0 Å². The maximum absolute atomic E-state index is 13.7. The third-order valence-corrected chi connectivity index (χ3v) is 7.57. The van der Waals surface area contributed by atoms with E-state index in [0.29, 0.717) is 23.2 Å². The van der Waals surface area contributed by atoms with Crippen molar-refractivity contribution in [3.05, 3.63) is 101 Å². The van der Waals surface area contributed by atoms with Gasteiger partial charge in [0.1, 0.15) is 11.6 Å². The van der Waals surface area contributed by atoms with Crippen LogP contribution in [0, 0.1) is 5.82 Å². The molecule has 1 aromatic heterocycles. The molecule has 4 aromatic rings. The third kappa shape index (κ3) is 5.43. The van der Waals surface area contributed by atoms with Crippen LogP contribution in [0.1, 0.15) is 40.5 Å². The predicted octanol–water partition coefficient (Wildman–Crippen LogP) is 6.38. The van der Waals surface area contributed by atoms with E-state index in [2.05, 4.69) is 16.0 Å². The van der Waals surface area contributed by atoms with E-state index < -0.39 is 5.97 Å². The van der Waals surface area contributed by atoms with Gasteiger partial charge >= 0.3 is 5.97 Å². The summed E-state index contributed by atoms with van der Waals surface area (Å²) in [6, 6.07) is 20.1. The number of hydrogen-bond acceptors (Lipinski definition) is 5. The fourth-order valence-corrected chi connectivity index (χ4v) is 5.72. The number of nitrogens with zero attached hydrogens (tertiary/aromatic N) is 1. The van der Waals surface area contributed by atoms with Gasteiger partial charge in [0.05, 0.1) is 17.7 Å². The van der Waals surface area contributed by atoms with Crippen molar-refractivity contribution >= 4 is 34.2 Å². The number of nitrogens with one attached hydrogen (secondary N) is 1. The molecule has 0 spiro atoms. The molecule has 5 rings (SSSR count). The number of ether oxygens (including phenoxy) is 1. The standard InChI is InChI=1S/C30H29FN2O3S/c1-2-36-30(35)29-25-17-28(34)24(21-12-14-32-15-13-21)16-26(25)33(18-20-8-10-22(31)11-9-20)27(29)19-37-23-6-4-3-5-7-23/h3-12,16-17,32,34H,2,13-15,18-19H2,1H3. The van der Waals surface area contributed by atoms with Crippen molar-refractivity contribution in [2.45, 2.75) is 30.5 Å². The highest BCUT2D eigenvalue weighted by atomic mass is 32.2. The Kier molecular flexibility index (Phi) is 7.63. The fourth-order valence-electron chi connectivity index (χ4n) is 4.76. The van der Waals surface area contributed by atoms with Crippen LogP contribution >= 0.6 is 11.8 Å². The number of esters is 1. The molecule has 0 radical (unpaired) electrons. The molecule has 0 atom stereocenters. The van der Waals surface area contributed by atoms with Gasteiger partial charge in [0.15, 0.2) is 0 Å². The van der Waals surface area contributed by atoms with E-state index in [-0.39, 0.29) is 18.2 Å². The first-order chi connectivity index (χ1) is 18.0. The largest absolute Gasteiger partial charge is 0.507 e. The summed E-state index contributed by atoms with van der Waals surface area (Å²) in [4.78, 5) is 14.4. The minimum absolute atomic E-state index is 0.146. The van der Waals surface area contributed by atoms with E-state index in [4.69, 9.17) is 4.74 Å². The van der Waals surface area contributed by atoms with Crippen molar-refractivity contribution in [3.8, 4) is 5.75 Å². The Balaban J connectivity index is 1.70. The van der Waals surface area contributed by atoms with Gasteiger partial charge in [0.2, 0.25) is 0 Å². The summed E-state index contributed by atoms with van der Waals surface area (Å²) in [6.45, 7) is 4.07. The molecule has 0 saturated heterocycles. The van der Waals surface area contributed by atoms with Gasteiger partial charge in [-0.25, -0.2) is 9.18 Å². The van der Waals surface area contributed by atoms with Gasteiger partial charge in [-0.15, -0.1) is 11.8 Å². The molecule has 3 aromatic carbocycles. The van der Waals surface area contributed by atoms with Gasteiger partial charge in [-0.05, 0) is 67.4 Å². The number of thioether (sulfide) groups is 1. The topological polar surface area (TPSA) is 63.5 Å². The number of halogens is 1. The number of hydrogen-bond donors (Lipinski definition) is 2. The minimum atomic E-state index is -0.415. The molecular formula is C30H29FN2O3S. The van der Waals surface area contributed by atoms with E-state index >= 15 is 0 Å². The maximum atomic E-state index is 13.7. The third-order valence-electron chi connectivity index (χ3n) is 6.55. The van der Waals surface area contributed by atoms with Gasteiger partial charge < -0.3 is 19.7 Å². The smallest absolute Gasteiger partial charge is 0.340 e. The van der Waals surface area contributed by atoms with Crippen molar-refractivity contribution in [2.75, 3.05) is 19.7 Å². The summed E-state index contributed by atoms with van der Waals surface area (Å²) >= 11 is 1.63. The molecule has 5 nitrogen and oxygen atoms in total. The predicted molar refractivity (Wildman–Crippen MR) is 147 cm³/mol. The van der Waals surface area contributed by atoms with Crippen LogP contribution in [0.25, 0.3) is 16.5 Å². The van der Waals surface area contributed by atoms with Crippen LogP contribution in [0.4, 0.5) is 4.39 Å². The molecule has 7 heteroatoms. The SMILES string of the molecule is CCOC(=O)c1c(CSc2ccccc2)n(Cc2ccc(F)cc2)c2cc(C3=CCNCC3)c(O)cc12. The van der Waals surface area contributed by atoms with E-state index in [0.717, 1.165) is 52.3 Å². The van der Waals surface area contributed by atoms with Gasteiger partial charge in [-0.3, -0.25) is 0 Å². The minimum Gasteiger partial charge on any atom is -0.507 e. The molecule has 190 valence electrons. The number of phenols is 1. The van der Waals surface area contributed by atoms with Gasteiger partial charge in [-0.1, -0.05) is 36.4 Å². The molecule has 0 fully saturated rings. The number of phenolic OH excluding ortho intramolecular Hbond substituents is 1. The second kappa shape index (κ2) is 11.2. The highest BCUT2D eigenvalue weighted by molar-refractivity contribution is 7.98. The molecule has 2 heterocycles. The molecule has 2 N–H and O–H groups in total. The summed E-state index contributed by atoms with van der Waals surface area (Å²) < 4.78 is 21.2. The highest BCUT2D eigenvalue weighted by Gasteiger charge is 2.26. The van der Waals surface area contributed by atoms with Crippen molar-refractivity contribution in [3.63, 3.8) is 0 Å². The van der Waals surface area contributed by atoms with E-state index in [1.807, 2.05) is 36.4 Å². The molecule has 0 amide bonds. The number of rotatable bonds is 8. The lowest BCUT2D eigenvalue weighted by Crippen LogP contribution is -2.20. The van der Waals surface area contributed by atoms with Crippen LogP contribution in [0.5, 0.6) is 5.75 Å².